The van der Waals surface area contributed by atoms with Gasteiger partial charge >= 0.3 is 6.18 Å². The summed E-state index contributed by atoms with van der Waals surface area (Å²) in [7, 11) is 1.74. The summed E-state index contributed by atoms with van der Waals surface area (Å²) in [6.45, 7) is 4.46. The van der Waals surface area contributed by atoms with E-state index in [1.165, 1.54) is 24.1 Å². The molecular formula is C32H33F3N2O3. The minimum atomic E-state index is -4.42. The summed E-state index contributed by atoms with van der Waals surface area (Å²) in [5.41, 5.74) is 1.75. The predicted molar refractivity (Wildman–Crippen MR) is 143 cm³/mol. The molecule has 2 aromatic rings. The summed E-state index contributed by atoms with van der Waals surface area (Å²) >= 11 is 0. The molecule has 7 atom stereocenters. The molecule has 2 bridgehead atoms. The molecule has 3 aliphatic carbocycles. The summed E-state index contributed by atoms with van der Waals surface area (Å²) in [6, 6.07) is 8.52. The minimum absolute atomic E-state index is 0.156. The quantitative estimate of drug-likeness (QED) is 0.548. The van der Waals surface area contributed by atoms with Crippen molar-refractivity contribution in [1.29, 1.82) is 0 Å². The average Bonchev–Trinajstić information content (AvgIpc) is 3.51. The van der Waals surface area contributed by atoms with Crippen LogP contribution in [0.25, 0.3) is 0 Å². The van der Waals surface area contributed by atoms with Crippen LogP contribution in [0.1, 0.15) is 54.9 Å². The van der Waals surface area contributed by atoms with Gasteiger partial charge in [-0.1, -0.05) is 18.9 Å². The summed E-state index contributed by atoms with van der Waals surface area (Å²) < 4.78 is 45.3. The maximum atomic E-state index is 13.3. The third kappa shape index (κ3) is 3.84. The van der Waals surface area contributed by atoms with Crippen molar-refractivity contribution in [2.24, 2.45) is 17.8 Å². The van der Waals surface area contributed by atoms with Crippen molar-refractivity contribution in [2.45, 2.75) is 68.8 Å². The van der Waals surface area contributed by atoms with E-state index in [1.807, 2.05) is 0 Å². The van der Waals surface area contributed by atoms with E-state index in [2.05, 4.69) is 29.7 Å². The smallest absolute Gasteiger partial charge is 0.416 e. The van der Waals surface area contributed by atoms with Crippen LogP contribution in [0.3, 0.4) is 0 Å². The number of piperidine rings is 1. The third-order valence-electron chi connectivity index (χ3n) is 10.5. The van der Waals surface area contributed by atoms with Crippen molar-refractivity contribution < 1.29 is 27.8 Å². The molecule has 8 heteroatoms. The molecule has 40 heavy (non-hydrogen) atoms. The summed E-state index contributed by atoms with van der Waals surface area (Å²) in [6.07, 6.45) is 0.239. The molecule has 5 nitrogen and oxygen atoms in total. The molecule has 1 N–H and O–H groups in total. The number of aromatic hydroxyl groups is 1. The van der Waals surface area contributed by atoms with E-state index in [0.29, 0.717) is 23.3 Å². The Balaban J connectivity index is 1.17. The summed E-state index contributed by atoms with van der Waals surface area (Å²) in [5, 5.41) is 10.8. The molecule has 2 unspecified atom stereocenters. The molecular weight excluding hydrogens is 517 g/mol. The van der Waals surface area contributed by atoms with Crippen LogP contribution in [0.15, 0.2) is 36.4 Å². The first-order valence-corrected chi connectivity index (χ1v) is 14.3. The van der Waals surface area contributed by atoms with E-state index in [-0.39, 0.29) is 23.3 Å². The van der Waals surface area contributed by atoms with Crippen LogP contribution in [0, 0.1) is 29.6 Å². The lowest BCUT2D eigenvalue weighted by Gasteiger charge is -2.60. The van der Waals surface area contributed by atoms with Crippen molar-refractivity contribution in [3.63, 3.8) is 0 Å². The average molecular weight is 551 g/mol. The number of nitrogens with zero attached hydrogens (tertiary/aromatic N) is 2. The van der Waals surface area contributed by atoms with Crippen LogP contribution in [-0.2, 0) is 22.8 Å². The second kappa shape index (κ2) is 8.91. The van der Waals surface area contributed by atoms with Crippen LogP contribution in [0.4, 0.5) is 13.2 Å². The first-order valence-electron chi connectivity index (χ1n) is 14.3. The molecule has 2 saturated carbocycles. The largest absolute Gasteiger partial charge is 0.504 e. The summed E-state index contributed by atoms with van der Waals surface area (Å²) in [4.78, 5) is 17.6. The zero-order valence-corrected chi connectivity index (χ0v) is 22.7. The van der Waals surface area contributed by atoms with Gasteiger partial charge in [-0.25, -0.2) is 0 Å². The highest BCUT2D eigenvalue weighted by molar-refractivity contribution is 5.94. The monoisotopic (exact) mass is 550 g/mol. The molecule has 2 aromatic carbocycles. The highest BCUT2D eigenvalue weighted by Gasteiger charge is 2.66. The van der Waals surface area contributed by atoms with Crippen molar-refractivity contribution in [2.75, 3.05) is 20.1 Å². The molecule has 2 aliphatic heterocycles. The molecule has 0 aromatic heterocycles. The zero-order chi connectivity index (χ0) is 28.0. The number of phenols is 1. The van der Waals surface area contributed by atoms with Gasteiger partial charge in [0.05, 0.1) is 11.6 Å². The second-order valence-corrected chi connectivity index (χ2v) is 12.5. The van der Waals surface area contributed by atoms with Gasteiger partial charge < -0.3 is 14.7 Å². The van der Waals surface area contributed by atoms with E-state index < -0.39 is 17.6 Å². The number of hydrogen-bond acceptors (Lipinski definition) is 4. The molecule has 3 fully saturated rings. The van der Waals surface area contributed by atoms with E-state index in [0.717, 1.165) is 68.3 Å². The lowest BCUT2D eigenvalue weighted by Crippen LogP contribution is -2.69. The fraction of sp³-hybridized carbons (Fsp3) is 0.531. The molecule has 210 valence electrons. The van der Waals surface area contributed by atoms with Crippen LogP contribution in [-0.4, -0.2) is 59.1 Å². The molecule has 2 heterocycles. The number of likely N-dealkylation sites (N-methyl/N-ethyl adjacent to an activating group) is 1. The Labute approximate surface area is 232 Å². The van der Waals surface area contributed by atoms with Crippen molar-refractivity contribution >= 4 is 5.91 Å². The number of carbonyl (C=O) groups excluding carboxylic acids is 1. The van der Waals surface area contributed by atoms with Crippen molar-refractivity contribution in [1.82, 2.24) is 9.80 Å². The number of ether oxygens (including phenoxy) is 1. The normalized spacial score (nSPS) is 33.3. The molecule has 5 aliphatic rings. The Hall–Kier alpha value is -3.18. The Morgan fingerprint density at radius 2 is 1.95 bits per heavy atom. The van der Waals surface area contributed by atoms with Crippen LogP contribution in [0.5, 0.6) is 11.5 Å². The number of carbonyl (C=O) groups is 1. The Morgan fingerprint density at radius 3 is 2.65 bits per heavy atom. The minimum Gasteiger partial charge on any atom is -0.504 e. The first kappa shape index (κ1) is 25.8. The van der Waals surface area contributed by atoms with Crippen LogP contribution < -0.4 is 4.74 Å². The number of phenolic OH excluding ortho intramolecular Hbond substituents is 1. The van der Waals surface area contributed by atoms with E-state index in [1.54, 1.807) is 18.0 Å². The van der Waals surface area contributed by atoms with Gasteiger partial charge in [0.1, 0.15) is 6.10 Å². The maximum Gasteiger partial charge on any atom is 0.416 e. The number of rotatable bonds is 3. The zero-order valence-electron chi connectivity index (χ0n) is 22.7. The standard InChI is InChI=1S/C32H33F3N2O3/c1-18-15-21(18)17-37-14-13-31-23-9-10-24(30(31)40-29-26(38)11-6-20(28(29)31)16-25(23)37)36(2)27(39)12-5-19-3-7-22(8-4-19)32(33,34)35/h3-4,6-8,11,18,21,23-25,30,38H,9-10,13-17H2,1-2H3/t18?,21?,23-,24-,25+,30-,31-/m0/s1. The summed E-state index contributed by atoms with van der Waals surface area (Å²) in [5.74, 6) is 7.70. The second-order valence-electron chi connectivity index (χ2n) is 12.5. The lowest BCUT2D eigenvalue weighted by molar-refractivity contribution is -0.137. The van der Waals surface area contributed by atoms with Crippen LogP contribution in [0.2, 0.25) is 0 Å². The topological polar surface area (TPSA) is 53.0 Å². The van der Waals surface area contributed by atoms with Crippen molar-refractivity contribution in [3.05, 3.63) is 58.7 Å². The third-order valence-corrected chi connectivity index (χ3v) is 10.5. The van der Waals surface area contributed by atoms with Gasteiger partial charge in [0.15, 0.2) is 11.5 Å². The van der Waals surface area contributed by atoms with Crippen molar-refractivity contribution in [3.8, 4) is 23.3 Å². The number of hydrogen-bond donors (Lipinski definition) is 1. The predicted octanol–water partition coefficient (Wildman–Crippen LogP) is 4.98. The van der Waals surface area contributed by atoms with Gasteiger partial charge in [0.2, 0.25) is 0 Å². The fourth-order valence-electron chi connectivity index (χ4n) is 8.28. The lowest BCUT2D eigenvalue weighted by atomic mass is 9.51. The van der Waals surface area contributed by atoms with Gasteiger partial charge in [0, 0.05) is 42.1 Å². The van der Waals surface area contributed by atoms with Gasteiger partial charge in [-0.2, -0.15) is 13.2 Å². The number of halogens is 3. The number of likely N-dealkylation sites (tertiary alicyclic amines) is 1. The molecule has 0 radical (unpaired) electrons. The SMILES string of the molecule is CC1CC1CN1CC[C@]23c4c5ccc(O)c4O[C@H]2[C@@H](N(C)C(=O)C#Cc2ccc(C(F)(F)F)cc2)CC[C@H]3[C@H]1C5. The maximum absolute atomic E-state index is 13.3. The highest BCUT2D eigenvalue weighted by Crippen LogP contribution is 2.64. The Kier molecular flexibility index (Phi) is 5.74. The Morgan fingerprint density at radius 1 is 1.20 bits per heavy atom. The van der Waals surface area contributed by atoms with Gasteiger partial charge in [0.25, 0.3) is 5.91 Å². The highest BCUT2D eigenvalue weighted by atomic mass is 19.4. The van der Waals surface area contributed by atoms with Crippen LogP contribution >= 0.6 is 0 Å². The Bertz CT molecular complexity index is 1430. The fourth-order valence-corrected chi connectivity index (χ4v) is 8.28. The van der Waals surface area contributed by atoms with Gasteiger partial charge in [-0.05, 0) is 92.3 Å². The number of benzene rings is 2. The van der Waals surface area contributed by atoms with E-state index >= 15 is 0 Å². The molecule has 1 spiro atoms. The van der Waals surface area contributed by atoms with Gasteiger partial charge in [-0.15, -0.1) is 0 Å². The van der Waals surface area contributed by atoms with E-state index in [9.17, 15) is 23.1 Å². The number of alkyl halides is 3. The number of amides is 1. The molecule has 1 saturated heterocycles. The first-order chi connectivity index (χ1) is 19.1. The molecule has 7 rings (SSSR count). The molecule has 1 amide bonds. The van der Waals surface area contributed by atoms with Gasteiger partial charge in [-0.3, -0.25) is 9.69 Å². The van der Waals surface area contributed by atoms with E-state index in [4.69, 9.17) is 4.74 Å².